The molecule has 0 spiro atoms. The van der Waals surface area contributed by atoms with E-state index in [1.165, 1.54) is 6.08 Å². The summed E-state index contributed by atoms with van der Waals surface area (Å²) in [6.07, 6.45) is 3.08. The van der Waals surface area contributed by atoms with Crippen LogP contribution in [0.4, 0.5) is 5.69 Å². The van der Waals surface area contributed by atoms with E-state index in [4.69, 9.17) is 17.0 Å². The fourth-order valence-corrected chi connectivity index (χ4v) is 2.47. The zero-order chi connectivity index (χ0) is 20.5. The lowest BCUT2D eigenvalue weighted by Gasteiger charge is -2.10. The molecule has 0 saturated carbocycles. The fourth-order valence-electron chi connectivity index (χ4n) is 2.25. The van der Waals surface area contributed by atoms with Gasteiger partial charge in [-0.2, -0.15) is 0 Å². The second-order valence-electron chi connectivity index (χ2n) is 6.26. The molecule has 0 heterocycles. The fraction of sp³-hybridized carbons (Fsp3) is 0.190. The van der Waals surface area contributed by atoms with Gasteiger partial charge in [0.2, 0.25) is 5.91 Å². The van der Waals surface area contributed by atoms with Crippen molar-refractivity contribution in [2.75, 3.05) is 12.4 Å². The van der Waals surface area contributed by atoms with E-state index in [1.54, 1.807) is 37.5 Å². The number of hydrogen-bond acceptors (Lipinski definition) is 4. The van der Waals surface area contributed by atoms with Crippen LogP contribution in [0.25, 0.3) is 6.08 Å². The summed E-state index contributed by atoms with van der Waals surface area (Å²) in [5.41, 5.74) is 2.09. The first-order valence-corrected chi connectivity index (χ1v) is 9.13. The Morgan fingerprint density at radius 1 is 1.04 bits per heavy atom. The first kappa shape index (κ1) is 21.1. The summed E-state index contributed by atoms with van der Waals surface area (Å²) < 4.78 is 5.09. The van der Waals surface area contributed by atoms with Crippen molar-refractivity contribution in [1.29, 1.82) is 0 Å². The number of nitrogens with one attached hydrogen (secondary N) is 3. The summed E-state index contributed by atoms with van der Waals surface area (Å²) in [5, 5.41) is 8.48. The molecule has 0 atom stereocenters. The molecule has 0 aliphatic rings. The summed E-state index contributed by atoms with van der Waals surface area (Å²) in [6.45, 7) is 3.80. The van der Waals surface area contributed by atoms with Gasteiger partial charge in [0, 0.05) is 23.4 Å². The van der Waals surface area contributed by atoms with Crippen LogP contribution >= 0.6 is 12.2 Å². The Morgan fingerprint density at radius 3 is 2.25 bits per heavy atom. The molecule has 0 fully saturated rings. The Bertz CT molecular complexity index is 859. The molecule has 0 bridgehead atoms. The third-order valence-corrected chi connectivity index (χ3v) is 3.81. The third-order valence-electron chi connectivity index (χ3n) is 3.60. The van der Waals surface area contributed by atoms with Gasteiger partial charge in [-0.15, -0.1) is 0 Å². The molecule has 2 aromatic rings. The minimum Gasteiger partial charge on any atom is -0.497 e. The van der Waals surface area contributed by atoms with E-state index >= 15 is 0 Å². The van der Waals surface area contributed by atoms with Gasteiger partial charge in [0.15, 0.2) is 5.11 Å². The SMILES string of the molecule is COc1ccc(/C=C/C(=O)NC(=S)Nc2ccc(C(=O)NC(C)C)cc2)cc1. The van der Waals surface area contributed by atoms with Crippen LogP contribution < -0.4 is 20.7 Å². The van der Waals surface area contributed by atoms with Gasteiger partial charge >= 0.3 is 0 Å². The zero-order valence-corrected chi connectivity index (χ0v) is 16.8. The van der Waals surface area contributed by atoms with Gasteiger partial charge in [0.25, 0.3) is 5.91 Å². The molecule has 2 rings (SSSR count). The number of anilines is 1. The number of ether oxygens (including phenoxy) is 1. The molecule has 0 aliphatic heterocycles. The van der Waals surface area contributed by atoms with E-state index in [0.717, 1.165) is 11.3 Å². The van der Waals surface area contributed by atoms with E-state index < -0.39 is 0 Å². The smallest absolute Gasteiger partial charge is 0.251 e. The van der Waals surface area contributed by atoms with Crippen LogP contribution in [0.1, 0.15) is 29.8 Å². The number of carbonyl (C=O) groups is 2. The molecular weight excluding hydrogens is 374 g/mol. The first-order valence-electron chi connectivity index (χ1n) is 8.72. The second kappa shape index (κ2) is 10.2. The van der Waals surface area contributed by atoms with Crippen molar-refractivity contribution >= 4 is 40.9 Å². The highest BCUT2D eigenvalue weighted by Crippen LogP contribution is 2.12. The summed E-state index contributed by atoms with van der Waals surface area (Å²) in [4.78, 5) is 23.9. The molecule has 2 amide bonds. The molecule has 7 heteroatoms. The maximum Gasteiger partial charge on any atom is 0.251 e. The normalized spacial score (nSPS) is 10.6. The summed E-state index contributed by atoms with van der Waals surface area (Å²) in [5.74, 6) is 0.266. The lowest BCUT2D eigenvalue weighted by atomic mass is 10.2. The highest BCUT2D eigenvalue weighted by atomic mass is 32.1. The Kier molecular flexibility index (Phi) is 7.71. The molecule has 0 aromatic heterocycles. The molecule has 3 N–H and O–H groups in total. The standard InChI is InChI=1S/C21H23N3O3S/c1-14(2)22-20(26)16-7-9-17(10-8-16)23-21(28)24-19(25)13-6-15-4-11-18(27-3)12-5-15/h4-14H,1-3H3,(H,22,26)(H2,23,24,25,28)/b13-6+. The van der Waals surface area contributed by atoms with E-state index in [2.05, 4.69) is 16.0 Å². The summed E-state index contributed by atoms with van der Waals surface area (Å²) >= 11 is 5.14. The van der Waals surface area contributed by atoms with Crippen molar-refractivity contribution in [2.24, 2.45) is 0 Å². The molecular formula is C21H23N3O3S. The Morgan fingerprint density at radius 2 is 1.68 bits per heavy atom. The average molecular weight is 398 g/mol. The van der Waals surface area contributed by atoms with Crippen molar-refractivity contribution < 1.29 is 14.3 Å². The van der Waals surface area contributed by atoms with Gasteiger partial charge < -0.3 is 15.4 Å². The molecule has 0 saturated heterocycles. The van der Waals surface area contributed by atoms with Gasteiger partial charge in [0.1, 0.15) is 5.75 Å². The number of amides is 2. The molecule has 6 nitrogen and oxygen atoms in total. The van der Waals surface area contributed by atoms with E-state index in [1.807, 2.05) is 38.1 Å². The minimum atomic E-state index is -0.346. The highest BCUT2D eigenvalue weighted by molar-refractivity contribution is 7.80. The molecule has 0 unspecified atom stereocenters. The third kappa shape index (κ3) is 6.85. The van der Waals surface area contributed by atoms with Crippen molar-refractivity contribution in [3.05, 3.63) is 65.7 Å². The molecule has 2 aromatic carbocycles. The lowest BCUT2D eigenvalue weighted by molar-refractivity contribution is -0.115. The number of rotatable bonds is 6. The van der Waals surface area contributed by atoms with Gasteiger partial charge in [-0.25, -0.2) is 0 Å². The quantitative estimate of drug-likeness (QED) is 0.515. The Balaban J connectivity index is 1.86. The summed E-state index contributed by atoms with van der Waals surface area (Å²) in [7, 11) is 1.60. The van der Waals surface area contributed by atoms with Crippen molar-refractivity contribution in [3.63, 3.8) is 0 Å². The Labute approximate surface area is 170 Å². The van der Waals surface area contributed by atoms with Crippen molar-refractivity contribution in [2.45, 2.75) is 19.9 Å². The topological polar surface area (TPSA) is 79.5 Å². The first-order chi connectivity index (χ1) is 13.4. The van der Waals surface area contributed by atoms with E-state index in [0.29, 0.717) is 11.3 Å². The van der Waals surface area contributed by atoms with Crippen LogP contribution in [0.5, 0.6) is 5.75 Å². The van der Waals surface area contributed by atoms with Crippen LogP contribution in [0.15, 0.2) is 54.6 Å². The minimum absolute atomic E-state index is 0.0686. The molecule has 146 valence electrons. The molecule has 28 heavy (non-hydrogen) atoms. The van der Waals surface area contributed by atoms with Crippen LogP contribution in [-0.2, 0) is 4.79 Å². The number of hydrogen-bond donors (Lipinski definition) is 3. The maximum atomic E-state index is 12.0. The van der Waals surface area contributed by atoms with Crippen LogP contribution in [0, 0.1) is 0 Å². The lowest BCUT2D eigenvalue weighted by Crippen LogP contribution is -2.33. The Hall–Kier alpha value is -3.19. The van der Waals surface area contributed by atoms with Crippen LogP contribution in [0.2, 0.25) is 0 Å². The van der Waals surface area contributed by atoms with Gasteiger partial charge in [-0.3, -0.25) is 14.9 Å². The number of methoxy groups -OCH3 is 1. The molecule has 0 radical (unpaired) electrons. The second-order valence-corrected chi connectivity index (χ2v) is 6.66. The largest absolute Gasteiger partial charge is 0.497 e. The monoisotopic (exact) mass is 397 g/mol. The van der Waals surface area contributed by atoms with E-state index in [9.17, 15) is 9.59 Å². The van der Waals surface area contributed by atoms with Crippen LogP contribution in [-0.4, -0.2) is 30.1 Å². The van der Waals surface area contributed by atoms with Gasteiger partial charge in [-0.05, 0) is 74.1 Å². The van der Waals surface area contributed by atoms with Crippen molar-refractivity contribution in [1.82, 2.24) is 10.6 Å². The molecule has 0 aliphatic carbocycles. The average Bonchev–Trinajstić information content (AvgIpc) is 2.66. The maximum absolute atomic E-state index is 12.0. The van der Waals surface area contributed by atoms with Gasteiger partial charge in [0.05, 0.1) is 7.11 Å². The predicted octanol–water partition coefficient (Wildman–Crippen LogP) is 3.36. The summed E-state index contributed by atoms with van der Waals surface area (Å²) in [6, 6.07) is 14.2. The predicted molar refractivity (Wildman–Crippen MR) is 115 cm³/mol. The van der Waals surface area contributed by atoms with Crippen molar-refractivity contribution in [3.8, 4) is 5.75 Å². The van der Waals surface area contributed by atoms with Gasteiger partial charge in [-0.1, -0.05) is 12.1 Å². The van der Waals surface area contributed by atoms with Crippen LogP contribution in [0.3, 0.4) is 0 Å². The zero-order valence-electron chi connectivity index (χ0n) is 16.0. The highest BCUT2D eigenvalue weighted by Gasteiger charge is 2.07. The van der Waals surface area contributed by atoms with E-state index in [-0.39, 0.29) is 23.0 Å². The number of benzene rings is 2. The number of carbonyl (C=O) groups excluding carboxylic acids is 2. The number of thiocarbonyl (C=S) groups is 1.